The molecule has 0 radical (unpaired) electrons. The highest BCUT2D eigenvalue weighted by atomic mass is 19.4. The molecule has 0 aliphatic carbocycles. The topological polar surface area (TPSA) is 139 Å². The van der Waals surface area contributed by atoms with Gasteiger partial charge in [-0.1, -0.05) is 0 Å². The number of amidine groups is 1. The van der Waals surface area contributed by atoms with Crippen LogP contribution in [0.25, 0.3) is 5.57 Å². The number of aromatic nitrogens is 4. The monoisotopic (exact) mass is 618 g/mol. The highest BCUT2D eigenvalue weighted by Crippen LogP contribution is 2.47. The van der Waals surface area contributed by atoms with E-state index in [0.717, 1.165) is 10.5 Å². The molecule has 2 aromatic rings. The minimum absolute atomic E-state index is 0.0329. The van der Waals surface area contributed by atoms with Crippen molar-refractivity contribution in [3.8, 4) is 0 Å². The Morgan fingerprint density at radius 2 is 1.84 bits per heavy atom. The molecular formula is C29H37F3N8O4. The van der Waals surface area contributed by atoms with Crippen molar-refractivity contribution in [3.05, 3.63) is 35.7 Å². The number of alkyl halides is 3. The standard InChI is InChI=1S/C29H37F3N8O4/c1-26(2)10-16(11-27(3,4)44-26)21-35-12-17(13-36-21)40-23-20(28(5,6)24(40)41)22(34-7)37-19(38-23)15-43-25(33)39-8-9-42-14-18(39)29(30,31)32/h10,12-13,18,33H,8-9,11,14-15H2,1-7H3,(H,34,37,38)/t18-/m0/s1. The Morgan fingerprint density at radius 3 is 2.45 bits per heavy atom. The fraction of sp³-hybridized carbons (Fsp3) is 0.586. The maximum Gasteiger partial charge on any atom is 0.411 e. The van der Waals surface area contributed by atoms with Crippen molar-refractivity contribution < 1.29 is 32.2 Å². The van der Waals surface area contributed by atoms with Crippen molar-refractivity contribution in [3.63, 3.8) is 0 Å². The van der Waals surface area contributed by atoms with Crippen LogP contribution in [0.2, 0.25) is 0 Å². The van der Waals surface area contributed by atoms with Crippen molar-refractivity contribution >= 4 is 34.8 Å². The summed E-state index contributed by atoms with van der Waals surface area (Å²) in [4.78, 5) is 34.2. The van der Waals surface area contributed by atoms with Gasteiger partial charge in [0.15, 0.2) is 24.3 Å². The fourth-order valence-corrected chi connectivity index (χ4v) is 5.99. The van der Waals surface area contributed by atoms with Crippen LogP contribution in [-0.2, 0) is 31.0 Å². The third-order valence-electron chi connectivity index (χ3n) is 7.71. The number of nitrogens with one attached hydrogen (secondary N) is 2. The molecule has 0 aromatic carbocycles. The predicted octanol–water partition coefficient (Wildman–Crippen LogP) is 4.34. The Kier molecular flexibility index (Phi) is 7.85. The van der Waals surface area contributed by atoms with Crippen molar-refractivity contribution in [2.75, 3.05) is 37.0 Å². The molecule has 1 saturated heterocycles. The van der Waals surface area contributed by atoms with Crippen molar-refractivity contribution in [2.24, 2.45) is 0 Å². The molecule has 238 valence electrons. The number of fused-ring (bicyclic) bond motifs is 1. The molecule has 1 fully saturated rings. The van der Waals surface area contributed by atoms with Gasteiger partial charge in [-0.2, -0.15) is 13.2 Å². The van der Waals surface area contributed by atoms with Crippen LogP contribution in [0.1, 0.15) is 65.2 Å². The number of halogens is 3. The molecule has 15 heteroatoms. The number of nitrogens with zero attached hydrogens (tertiary/aromatic N) is 6. The van der Waals surface area contributed by atoms with Crippen LogP contribution in [-0.4, -0.2) is 87.0 Å². The van der Waals surface area contributed by atoms with Crippen LogP contribution >= 0.6 is 0 Å². The van der Waals surface area contributed by atoms with Crippen LogP contribution in [0.4, 0.5) is 30.5 Å². The summed E-state index contributed by atoms with van der Waals surface area (Å²) in [5, 5.41) is 11.2. The molecule has 0 bridgehead atoms. The fourth-order valence-electron chi connectivity index (χ4n) is 5.99. The van der Waals surface area contributed by atoms with Gasteiger partial charge in [-0.05, 0) is 53.2 Å². The van der Waals surface area contributed by atoms with Gasteiger partial charge in [0.05, 0.1) is 53.5 Å². The second-order valence-corrected chi connectivity index (χ2v) is 12.7. The first-order valence-corrected chi connectivity index (χ1v) is 14.2. The van der Waals surface area contributed by atoms with Gasteiger partial charge in [0, 0.05) is 20.0 Å². The van der Waals surface area contributed by atoms with E-state index in [4.69, 9.17) is 19.6 Å². The number of ether oxygens (including phenoxy) is 3. The number of hydrogen-bond acceptors (Lipinski definition) is 10. The average Bonchev–Trinajstić information content (AvgIpc) is 3.13. The molecule has 3 aliphatic heterocycles. The molecule has 1 amide bonds. The number of carbonyl (C=O) groups is 1. The van der Waals surface area contributed by atoms with E-state index >= 15 is 0 Å². The summed E-state index contributed by atoms with van der Waals surface area (Å²) in [7, 11) is 1.64. The van der Waals surface area contributed by atoms with Gasteiger partial charge in [-0.25, -0.2) is 19.9 Å². The SMILES string of the molecule is CNc1nc(COC(=N)N2CCOC[C@H]2C(F)(F)F)nc2c1C(C)(C)C(=O)N2c1cnc(C2=CC(C)(C)OC(C)(C)C2)nc1. The lowest BCUT2D eigenvalue weighted by molar-refractivity contribution is -0.202. The first-order chi connectivity index (χ1) is 20.4. The third-order valence-corrected chi connectivity index (χ3v) is 7.71. The Bertz CT molecular complexity index is 1490. The Balaban J connectivity index is 1.44. The van der Waals surface area contributed by atoms with E-state index in [9.17, 15) is 18.0 Å². The van der Waals surface area contributed by atoms with Gasteiger partial charge >= 0.3 is 6.18 Å². The maximum atomic E-state index is 13.8. The highest BCUT2D eigenvalue weighted by Gasteiger charge is 2.49. The van der Waals surface area contributed by atoms with E-state index < -0.39 is 48.1 Å². The van der Waals surface area contributed by atoms with Gasteiger partial charge in [0.2, 0.25) is 5.91 Å². The predicted molar refractivity (Wildman–Crippen MR) is 156 cm³/mol. The lowest BCUT2D eigenvalue weighted by atomic mass is 9.87. The van der Waals surface area contributed by atoms with Gasteiger partial charge in [-0.15, -0.1) is 0 Å². The summed E-state index contributed by atoms with van der Waals surface area (Å²) in [6, 6.07) is -2.67. The Hall–Kier alpha value is -3.85. The van der Waals surface area contributed by atoms with E-state index in [0.29, 0.717) is 29.3 Å². The molecular weight excluding hydrogens is 581 g/mol. The number of morpholine rings is 1. The average molecular weight is 619 g/mol. The van der Waals surface area contributed by atoms with Crippen LogP contribution < -0.4 is 10.2 Å². The molecule has 2 N–H and O–H groups in total. The van der Waals surface area contributed by atoms with Crippen LogP contribution in [0.3, 0.4) is 0 Å². The second kappa shape index (κ2) is 10.9. The molecule has 3 aliphatic rings. The van der Waals surface area contributed by atoms with Crippen LogP contribution in [0.5, 0.6) is 0 Å². The van der Waals surface area contributed by atoms with Gasteiger partial charge in [0.1, 0.15) is 11.6 Å². The van der Waals surface area contributed by atoms with E-state index in [1.807, 2.05) is 33.8 Å². The summed E-state index contributed by atoms with van der Waals surface area (Å²) in [5.74, 6) is 0.937. The quantitative estimate of drug-likeness (QED) is 0.368. The van der Waals surface area contributed by atoms with Gasteiger partial charge in [-0.3, -0.25) is 15.1 Å². The van der Waals surface area contributed by atoms with Crippen molar-refractivity contribution in [1.82, 2.24) is 24.8 Å². The first kappa shape index (κ1) is 31.6. The highest BCUT2D eigenvalue weighted by molar-refractivity contribution is 6.12. The molecule has 0 spiro atoms. The van der Waals surface area contributed by atoms with Crippen molar-refractivity contribution in [1.29, 1.82) is 5.41 Å². The number of rotatable bonds is 5. The van der Waals surface area contributed by atoms with Gasteiger partial charge < -0.3 is 24.4 Å². The minimum atomic E-state index is -4.60. The molecule has 0 saturated carbocycles. The first-order valence-electron chi connectivity index (χ1n) is 14.2. The zero-order chi connectivity index (χ0) is 32.2. The number of anilines is 3. The second-order valence-electron chi connectivity index (χ2n) is 12.7. The van der Waals surface area contributed by atoms with E-state index in [-0.39, 0.29) is 30.7 Å². The lowest BCUT2D eigenvalue weighted by Gasteiger charge is -2.39. The van der Waals surface area contributed by atoms with Crippen molar-refractivity contribution in [2.45, 2.75) is 83.4 Å². The number of carbonyl (C=O) groups excluding carboxylic acids is 1. The minimum Gasteiger partial charge on any atom is -0.457 e. The molecule has 5 rings (SSSR count). The smallest absolute Gasteiger partial charge is 0.411 e. The Labute approximate surface area is 253 Å². The number of hydrogen-bond donors (Lipinski definition) is 2. The Morgan fingerprint density at radius 1 is 1.16 bits per heavy atom. The van der Waals surface area contributed by atoms with E-state index in [1.165, 1.54) is 4.90 Å². The molecule has 5 heterocycles. The summed E-state index contributed by atoms with van der Waals surface area (Å²) in [5.41, 5.74) is -0.0802. The molecule has 0 unspecified atom stereocenters. The summed E-state index contributed by atoms with van der Waals surface area (Å²) in [6.07, 6.45) is 1.13. The largest absolute Gasteiger partial charge is 0.457 e. The van der Waals surface area contributed by atoms with E-state index in [1.54, 1.807) is 33.3 Å². The number of amides is 1. The molecule has 44 heavy (non-hydrogen) atoms. The third kappa shape index (κ3) is 5.94. The molecule has 12 nitrogen and oxygen atoms in total. The van der Waals surface area contributed by atoms with Crippen LogP contribution in [0, 0.1) is 5.41 Å². The van der Waals surface area contributed by atoms with E-state index in [2.05, 4.69) is 25.3 Å². The van der Waals surface area contributed by atoms with Crippen LogP contribution in [0.15, 0.2) is 18.5 Å². The molecule has 1 atom stereocenters. The summed E-state index contributed by atoms with van der Waals surface area (Å²) in [6.45, 7) is 10.4. The summed E-state index contributed by atoms with van der Waals surface area (Å²) >= 11 is 0. The molecule has 2 aromatic heterocycles. The zero-order valence-corrected chi connectivity index (χ0v) is 25.8. The lowest BCUT2D eigenvalue weighted by Crippen LogP contribution is -2.55. The summed E-state index contributed by atoms with van der Waals surface area (Å²) < 4.78 is 57.1. The zero-order valence-electron chi connectivity index (χ0n) is 25.8. The van der Waals surface area contributed by atoms with Gasteiger partial charge in [0.25, 0.3) is 6.02 Å². The maximum absolute atomic E-state index is 13.8. The normalized spacial score (nSPS) is 22.4.